The van der Waals surface area contributed by atoms with E-state index in [0.29, 0.717) is 10.3 Å². The first-order valence-electron chi connectivity index (χ1n) is 7.61. The summed E-state index contributed by atoms with van der Waals surface area (Å²) in [5.74, 6) is 6.82. The first kappa shape index (κ1) is 18.7. The topological polar surface area (TPSA) is 132 Å². The second-order valence-corrected chi connectivity index (χ2v) is 6.83. The number of methoxy groups -OCH3 is 1. The van der Waals surface area contributed by atoms with Crippen LogP contribution in [0.15, 0.2) is 46.1 Å². The van der Waals surface area contributed by atoms with Crippen LogP contribution >= 0.6 is 23.1 Å². The van der Waals surface area contributed by atoms with E-state index in [0.717, 1.165) is 23.1 Å². The van der Waals surface area contributed by atoms with E-state index in [1.54, 1.807) is 24.9 Å². The Balaban J connectivity index is 1.53. The zero-order chi connectivity index (χ0) is 19.1. The predicted molar refractivity (Wildman–Crippen MR) is 106 cm³/mol. The van der Waals surface area contributed by atoms with Crippen LogP contribution in [-0.2, 0) is 4.79 Å². The molecule has 0 unspecified atom stereocenters. The summed E-state index contributed by atoms with van der Waals surface area (Å²) in [5, 5.41) is 17.3. The van der Waals surface area contributed by atoms with Crippen LogP contribution in [0.1, 0.15) is 5.56 Å². The molecule has 10 nitrogen and oxygen atoms in total. The second kappa shape index (κ2) is 9.00. The lowest BCUT2D eigenvalue weighted by Gasteiger charge is -2.03. The lowest BCUT2D eigenvalue weighted by atomic mass is 10.2. The largest absolute Gasteiger partial charge is 0.497 e. The Bertz CT molecular complexity index is 926. The van der Waals surface area contributed by atoms with Crippen LogP contribution in [0, 0.1) is 0 Å². The molecular formula is C15H16N8O2S2. The van der Waals surface area contributed by atoms with Crippen molar-refractivity contribution in [3.8, 4) is 5.75 Å². The van der Waals surface area contributed by atoms with Crippen LogP contribution in [0.25, 0.3) is 0 Å². The molecular weight excluding hydrogens is 388 g/mol. The molecule has 4 N–H and O–H groups in total. The molecule has 2 heterocycles. The van der Waals surface area contributed by atoms with Gasteiger partial charge in [0.15, 0.2) is 5.13 Å². The van der Waals surface area contributed by atoms with Crippen molar-refractivity contribution in [3.05, 3.63) is 41.4 Å². The highest BCUT2D eigenvalue weighted by molar-refractivity contribution is 7.99. The number of hydrogen-bond acceptors (Lipinski definition) is 10. The van der Waals surface area contributed by atoms with Gasteiger partial charge in [0.2, 0.25) is 11.1 Å². The number of aromatic nitrogens is 4. The molecule has 0 saturated heterocycles. The summed E-state index contributed by atoms with van der Waals surface area (Å²) >= 11 is 2.50. The minimum absolute atomic E-state index is 0.127. The maximum absolute atomic E-state index is 11.9. The smallest absolute Gasteiger partial charge is 0.264 e. The summed E-state index contributed by atoms with van der Waals surface area (Å²) in [4.78, 5) is 15.9. The second-order valence-electron chi connectivity index (χ2n) is 5.00. The molecule has 27 heavy (non-hydrogen) atoms. The Morgan fingerprint density at radius 1 is 1.48 bits per heavy atom. The van der Waals surface area contributed by atoms with E-state index >= 15 is 0 Å². The van der Waals surface area contributed by atoms with Gasteiger partial charge in [0.05, 0.1) is 19.1 Å². The monoisotopic (exact) mass is 404 g/mol. The minimum atomic E-state index is -0.205. The first-order chi connectivity index (χ1) is 13.2. The highest BCUT2D eigenvalue weighted by atomic mass is 32.2. The number of amides is 1. The van der Waals surface area contributed by atoms with E-state index in [2.05, 4.69) is 31.0 Å². The molecule has 0 bridgehead atoms. The summed E-state index contributed by atoms with van der Waals surface area (Å²) in [5.41, 5.74) is 3.56. The maximum atomic E-state index is 11.9. The molecule has 0 radical (unpaired) electrons. The number of nitrogens with one attached hydrogen (secondary N) is 2. The summed E-state index contributed by atoms with van der Waals surface area (Å²) in [6, 6.07) is 7.41. The number of thioether (sulfide) groups is 1. The molecule has 0 aliphatic heterocycles. The number of nitrogen functional groups attached to an aromatic ring is 1. The van der Waals surface area contributed by atoms with Crippen LogP contribution in [0.3, 0.4) is 0 Å². The average Bonchev–Trinajstić information content (AvgIpc) is 3.31. The van der Waals surface area contributed by atoms with Gasteiger partial charge in [-0.25, -0.2) is 15.1 Å². The number of ether oxygens (including phenoxy) is 1. The number of nitrogens with zero attached hydrogens (tertiary/aromatic N) is 5. The van der Waals surface area contributed by atoms with Crippen LogP contribution in [0.4, 0.5) is 11.1 Å². The molecule has 0 atom stereocenters. The molecule has 140 valence electrons. The Kier molecular flexibility index (Phi) is 6.22. The van der Waals surface area contributed by atoms with Crippen molar-refractivity contribution in [2.45, 2.75) is 5.16 Å². The molecule has 1 amide bonds. The predicted octanol–water partition coefficient (Wildman–Crippen LogP) is 1.63. The Morgan fingerprint density at radius 2 is 2.37 bits per heavy atom. The number of nitrogens with two attached hydrogens (primary N) is 1. The average molecular weight is 404 g/mol. The summed E-state index contributed by atoms with van der Waals surface area (Å²) in [6.07, 6.45) is 3.22. The summed E-state index contributed by atoms with van der Waals surface area (Å²) in [7, 11) is 1.60. The van der Waals surface area contributed by atoms with Gasteiger partial charge in [0.25, 0.3) is 5.95 Å². The van der Waals surface area contributed by atoms with Gasteiger partial charge < -0.3 is 15.9 Å². The van der Waals surface area contributed by atoms with Crippen molar-refractivity contribution in [3.63, 3.8) is 0 Å². The molecule has 1 aromatic carbocycles. The quantitative estimate of drug-likeness (QED) is 0.223. The minimum Gasteiger partial charge on any atom is -0.497 e. The first-order valence-corrected chi connectivity index (χ1v) is 9.48. The fourth-order valence-electron chi connectivity index (χ4n) is 1.91. The molecule has 0 aliphatic carbocycles. The highest BCUT2D eigenvalue weighted by Gasteiger charge is 2.12. The van der Waals surface area contributed by atoms with E-state index in [1.807, 2.05) is 24.3 Å². The van der Waals surface area contributed by atoms with Gasteiger partial charge >= 0.3 is 0 Å². The highest BCUT2D eigenvalue weighted by Crippen LogP contribution is 2.18. The zero-order valence-electron chi connectivity index (χ0n) is 14.2. The van der Waals surface area contributed by atoms with Crippen LogP contribution in [0.5, 0.6) is 5.75 Å². The van der Waals surface area contributed by atoms with E-state index in [-0.39, 0.29) is 17.6 Å². The molecule has 0 fully saturated rings. The van der Waals surface area contributed by atoms with Gasteiger partial charge in [-0.1, -0.05) is 23.9 Å². The summed E-state index contributed by atoms with van der Waals surface area (Å²) in [6.45, 7) is 0. The number of anilines is 2. The lowest BCUT2D eigenvalue weighted by Crippen LogP contribution is -2.16. The van der Waals surface area contributed by atoms with Gasteiger partial charge in [0.1, 0.15) is 5.75 Å². The fraction of sp³-hybridized carbons (Fsp3) is 0.133. The van der Waals surface area contributed by atoms with Crippen molar-refractivity contribution in [2.24, 2.45) is 5.10 Å². The number of benzene rings is 1. The molecule has 3 rings (SSSR count). The van der Waals surface area contributed by atoms with E-state index in [4.69, 9.17) is 10.6 Å². The van der Waals surface area contributed by atoms with Gasteiger partial charge in [-0.2, -0.15) is 5.10 Å². The molecule has 0 aliphatic rings. The normalized spacial score (nSPS) is 10.9. The zero-order valence-corrected chi connectivity index (χ0v) is 15.8. The van der Waals surface area contributed by atoms with E-state index in [9.17, 15) is 4.79 Å². The van der Waals surface area contributed by atoms with Crippen molar-refractivity contribution in [1.82, 2.24) is 19.9 Å². The SMILES string of the molecule is COc1cccc(/C=N/Nc2nnc(SCC(=O)Nc3nccs3)n2N)c1. The molecule has 12 heteroatoms. The Labute approximate surface area is 162 Å². The van der Waals surface area contributed by atoms with Crippen molar-refractivity contribution in [1.29, 1.82) is 0 Å². The number of carbonyl (C=O) groups excluding carboxylic acids is 1. The maximum Gasteiger partial charge on any atom is 0.264 e. The summed E-state index contributed by atoms with van der Waals surface area (Å²) < 4.78 is 6.38. The standard InChI is InChI=1S/C15H16N8O2S2/c1-25-11-4-2-3-10(7-11)8-18-20-13-21-22-15(23(13)16)27-9-12(24)19-14-17-5-6-26-14/h2-8H,9,16H2,1H3,(H,20,21)(H,17,19,24)/b18-8+. The van der Waals surface area contributed by atoms with Crippen LogP contribution in [-0.4, -0.2) is 44.8 Å². The Hall–Kier alpha value is -3.12. The van der Waals surface area contributed by atoms with Gasteiger partial charge in [-0.15, -0.1) is 21.5 Å². The molecule has 2 aromatic heterocycles. The third-order valence-electron chi connectivity index (χ3n) is 3.15. The molecule has 0 saturated carbocycles. The fourth-order valence-corrected chi connectivity index (χ4v) is 3.11. The Morgan fingerprint density at radius 3 is 3.15 bits per heavy atom. The van der Waals surface area contributed by atoms with Gasteiger partial charge in [0, 0.05) is 11.6 Å². The van der Waals surface area contributed by atoms with Crippen molar-refractivity contribution in [2.75, 3.05) is 29.4 Å². The molecule has 3 aromatic rings. The van der Waals surface area contributed by atoms with Gasteiger partial charge in [-0.3, -0.25) is 4.79 Å². The van der Waals surface area contributed by atoms with E-state index in [1.165, 1.54) is 16.0 Å². The van der Waals surface area contributed by atoms with Crippen molar-refractivity contribution < 1.29 is 9.53 Å². The lowest BCUT2D eigenvalue weighted by molar-refractivity contribution is -0.113. The van der Waals surface area contributed by atoms with Crippen LogP contribution < -0.4 is 21.3 Å². The van der Waals surface area contributed by atoms with Crippen molar-refractivity contribution >= 4 is 46.3 Å². The number of hydrogen-bond donors (Lipinski definition) is 3. The third kappa shape index (κ3) is 5.18. The number of thiazole rings is 1. The van der Waals surface area contributed by atoms with E-state index < -0.39 is 0 Å². The number of rotatable bonds is 8. The van der Waals surface area contributed by atoms with Gasteiger partial charge in [-0.05, 0) is 17.7 Å². The number of hydrazone groups is 1. The number of carbonyl (C=O) groups is 1. The third-order valence-corrected chi connectivity index (χ3v) is 4.78. The molecule has 0 spiro atoms. The van der Waals surface area contributed by atoms with Crippen LogP contribution in [0.2, 0.25) is 0 Å².